The van der Waals surface area contributed by atoms with E-state index in [4.69, 9.17) is 0 Å². The van der Waals surface area contributed by atoms with Gasteiger partial charge < -0.3 is 15.1 Å². The van der Waals surface area contributed by atoms with Crippen molar-refractivity contribution in [3.05, 3.63) is 76.3 Å². The zero-order chi connectivity index (χ0) is 27.1. The fraction of sp³-hybridized carbons (Fsp3) is 0.346. The highest BCUT2D eigenvalue weighted by molar-refractivity contribution is 7.09. The van der Waals surface area contributed by atoms with Gasteiger partial charge in [-0.1, -0.05) is 33.4 Å². The molecule has 2 aromatic heterocycles. The van der Waals surface area contributed by atoms with Crippen LogP contribution in [0.25, 0.3) is 6.08 Å². The quantitative estimate of drug-likeness (QED) is 0.472. The molecule has 9 nitrogen and oxygen atoms in total. The average Bonchev–Trinajstić information content (AvgIpc) is 3.58. The van der Waals surface area contributed by atoms with E-state index in [9.17, 15) is 24.6 Å². The van der Waals surface area contributed by atoms with Gasteiger partial charge in [0.25, 0.3) is 5.91 Å². The molecule has 0 bridgehead atoms. The average molecular weight is 527 g/mol. The predicted octanol–water partition coefficient (Wildman–Crippen LogP) is 4.23. The normalized spacial score (nSPS) is 21.7. The Bertz CT molecular complexity index is 1350. The van der Waals surface area contributed by atoms with Gasteiger partial charge in [0.1, 0.15) is 10.8 Å². The van der Waals surface area contributed by atoms with Gasteiger partial charge in [-0.05, 0) is 41.2 Å². The van der Waals surface area contributed by atoms with E-state index >= 15 is 4.39 Å². The molecular formula is C26H27FN4O5S. The van der Waals surface area contributed by atoms with Crippen LogP contribution in [0.1, 0.15) is 59.7 Å². The molecule has 0 spiro atoms. The minimum absolute atomic E-state index is 0.250. The first-order valence-electron chi connectivity index (χ1n) is 11.5. The summed E-state index contributed by atoms with van der Waals surface area (Å²) in [6, 6.07) is 2.96. The third-order valence-corrected chi connectivity index (χ3v) is 7.54. The number of aromatic nitrogens is 3. The van der Waals surface area contributed by atoms with Crippen molar-refractivity contribution in [1.29, 1.82) is 0 Å². The van der Waals surface area contributed by atoms with E-state index in [2.05, 4.69) is 16.7 Å². The molecule has 3 unspecified atom stereocenters. The molecule has 11 heteroatoms. The molecule has 0 aliphatic carbocycles. The van der Waals surface area contributed by atoms with Gasteiger partial charge in [0.2, 0.25) is 0 Å². The van der Waals surface area contributed by atoms with E-state index in [0.717, 1.165) is 16.2 Å². The first kappa shape index (κ1) is 26.2. The molecule has 37 heavy (non-hydrogen) atoms. The molecule has 194 valence electrons. The van der Waals surface area contributed by atoms with E-state index in [-0.39, 0.29) is 17.1 Å². The van der Waals surface area contributed by atoms with E-state index < -0.39 is 53.0 Å². The number of nitrogens with zero attached hydrogens (tertiary/aromatic N) is 4. The van der Waals surface area contributed by atoms with Crippen LogP contribution in [-0.4, -0.2) is 53.3 Å². The maximum absolute atomic E-state index is 15.6. The lowest BCUT2D eigenvalue weighted by molar-refractivity contribution is -0.150. The number of hydrogen-bond donors (Lipinski definition) is 2. The monoisotopic (exact) mass is 526 g/mol. The summed E-state index contributed by atoms with van der Waals surface area (Å²) in [5.74, 6) is -5.78. The second kappa shape index (κ2) is 9.55. The molecule has 0 saturated carbocycles. The van der Waals surface area contributed by atoms with Crippen molar-refractivity contribution < 1.29 is 29.0 Å². The number of carboxylic acid groups (broad SMARTS) is 2. The van der Waals surface area contributed by atoms with Crippen LogP contribution in [0.2, 0.25) is 0 Å². The van der Waals surface area contributed by atoms with Crippen LogP contribution in [0.5, 0.6) is 0 Å². The van der Waals surface area contributed by atoms with E-state index in [1.54, 1.807) is 11.4 Å². The molecule has 3 aromatic rings. The van der Waals surface area contributed by atoms with Gasteiger partial charge in [0, 0.05) is 24.0 Å². The molecule has 3 heterocycles. The number of thiazole rings is 1. The van der Waals surface area contributed by atoms with E-state index in [0.29, 0.717) is 11.1 Å². The molecule has 0 radical (unpaired) electrons. The molecule has 1 fully saturated rings. The summed E-state index contributed by atoms with van der Waals surface area (Å²) < 4.78 is 16.9. The van der Waals surface area contributed by atoms with Gasteiger partial charge in [-0.25, -0.2) is 14.2 Å². The lowest BCUT2D eigenvalue weighted by Gasteiger charge is -2.37. The molecule has 1 saturated heterocycles. The van der Waals surface area contributed by atoms with Crippen molar-refractivity contribution >= 4 is 35.3 Å². The summed E-state index contributed by atoms with van der Waals surface area (Å²) in [5, 5.41) is 26.5. The van der Waals surface area contributed by atoms with Crippen LogP contribution >= 0.6 is 11.3 Å². The zero-order valence-electron chi connectivity index (χ0n) is 20.6. The number of amides is 1. The molecule has 1 aliphatic rings. The number of rotatable bonds is 7. The summed E-state index contributed by atoms with van der Waals surface area (Å²) in [4.78, 5) is 44.7. The van der Waals surface area contributed by atoms with Crippen LogP contribution in [0.4, 0.5) is 4.39 Å². The standard InChI is InChI=1S/C26H27FN4O5S/c1-5-15-11-16(19(27)12-18(15)25(2,3)4)22(32)31-20(21-28-8-10-37-21)17(23(33)34)13-26(31,24(35)36)14-30-9-6-7-29-30/h5-12,17,20H,1,13-14H2,2-4H3,(H,33,34)(H,35,36). The Kier molecular flexibility index (Phi) is 6.76. The number of carbonyl (C=O) groups excluding carboxylic acids is 1. The van der Waals surface area contributed by atoms with Gasteiger partial charge in [-0.15, -0.1) is 11.3 Å². The second-order valence-corrected chi connectivity index (χ2v) is 11.0. The molecule has 1 aromatic carbocycles. The van der Waals surface area contributed by atoms with Gasteiger partial charge in [0.15, 0.2) is 5.54 Å². The van der Waals surface area contributed by atoms with Crippen LogP contribution < -0.4 is 0 Å². The third kappa shape index (κ3) is 4.55. The van der Waals surface area contributed by atoms with Crippen molar-refractivity contribution in [3.63, 3.8) is 0 Å². The number of carbonyl (C=O) groups is 3. The number of benzene rings is 1. The summed E-state index contributed by atoms with van der Waals surface area (Å²) in [6.45, 7) is 9.15. The van der Waals surface area contributed by atoms with Crippen molar-refractivity contribution in [3.8, 4) is 0 Å². The topological polar surface area (TPSA) is 126 Å². The summed E-state index contributed by atoms with van der Waals surface area (Å²) in [6.07, 6.45) is 5.51. The third-order valence-electron chi connectivity index (χ3n) is 6.70. The minimum atomic E-state index is -2.04. The summed E-state index contributed by atoms with van der Waals surface area (Å²) >= 11 is 1.10. The van der Waals surface area contributed by atoms with Crippen LogP contribution in [0.15, 0.2) is 48.7 Å². The first-order chi connectivity index (χ1) is 17.4. The number of aliphatic carboxylic acids is 2. The zero-order valence-corrected chi connectivity index (χ0v) is 21.4. The number of likely N-dealkylation sites (tertiary alicyclic amines) is 1. The molecule has 2 N–H and O–H groups in total. The Labute approximate surface area is 216 Å². The van der Waals surface area contributed by atoms with Gasteiger partial charge in [0.05, 0.1) is 24.1 Å². The highest BCUT2D eigenvalue weighted by atomic mass is 32.1. The number of halogens is 1. The van der Waals surface area contributed by atoms with Crippen molar-refractivity contribution in [2.24, 2.45) is 5.92 Å². The molecule has 1 amide bonds. The van der Waals surface area contributed by atoms with Crippen molar-refractivity contribution in [1.82, 2.24) is 19.7 Å². The van der Waals surface area contributed by atoms with Crippen LogP contribution in [0, 0.1) is 11.7 Å². The smallest absolute Gasteiger partial charge is 0.331 e. The predicted molar refractivity (Wildman–Crippen MR) is 135 cm³/mol. The first-order valence-corrected chi connectivity index (χ1v) is 12.4. The fourth-order valence-electron chi connectivity index (χ4n) is 4.99. The maximum Gasteiger partial charge on any atom is 0.331 e. The van der Waals surface area contributed by atoms with Gasteiger partial charge in [-0.3, -0.25) is 14.3 Å². The van der Waals surface area contributed by atoms with Gasteiger partial charge >= 0.3 is 11.9 Å². The lowest BCUT2D eigenvalue weighted by Crippen LogP contribution is -2.56. The Morgan fingerprint density at radius 2 is 2.00 bits per heavy atom. The number of hydrogen-bond acceptors (Lipinski definition) is 6. The lowest BCUT2D eigenvalue weighted by atomic mass is 9.82. The summed E-state index contributed by atoms with van der Waals surface area (Å²) in [7, 11) is 0. The molecular weight excluding hydrogens is 499 g/mol. The SMILES string of the molecule is C=Cc1cc(C(=O)N2C(c3nccs3)C(C(=O)O)CC2(Cn2cccn2)C(=O)O)c(F)cc1C(C)(C)C. The highest BCUT2D eigenvalue weighted by Crippen LogP contribution is 2.49. The van der Waals surface area contributed by atoms with Crippen LogP contribution in [-0.2, 0) is 21.5 Å². The Balaban J connectivity index is 1.96. The molecule has 1 aliphatic heterocycles. The largest absolute Gasteiger partial charge is 0.481 e. The highest BCUT2D eigenvalue weighted by Gasteiger charge is 2.62. The second-order valence-electron chi connectivity index (χ2n) is 10.1. The Morgan fingerprint density at radius 1 is 1.27 bits per heavy atom. The fourth-order valence-corrected chi connectivity index (χ4v) is 5.78. The van der Waals surface area contributed by atoms with Crippen molar-refractivity contribution in [2.75, 3.05) is 0 Å². The Morgan fingerprint density at radius 3 is 2.51 bits per heavy atom. The van der Waals surface area contributed by atoms with Gasteiger partial charge in [-0.2, -0.15) is 5.10 Å². The van der Waals surface area contributed by atoms with Crippen molar-refractivity contribution in [2.45, 2.75) is 50.7 Å². The minimum Gasteiger partial charge on any atom is -0.481 e. The number of carboxylic acids is 2. The van der Waals surface area contributed by atoms with Crippen LogP contribution in [0.3, 0.4) is 0 Å². The Hall–Kier alpha value is -3.86. The van der Waals surface area contributed by atoms with E-state index in [1.807, 2.05) is 20.8 Å². The maximum atomic E-state index is 15.6. The van der Waals surface area contributed by atoms with E-state index in [1.165, 1.54) is 41.5 Å². The molecule has 4 rings (SSSR count). The summed E-state index contributed by atoms with van der Waals surface area (Å²) in [5.41, 5.74) is -1.72. The molecule has 3 atom stereocenters.